The molecule has 1 aliphatic rings. The van der Waals surface area contributed by atoms with E-state index in [0.717, 1.165) is 11.3 Å². The molecule has 1 unspecified atom stereocenters. The molecule has 0 fully saturated rings. The van der Waals surface area contributed by atoms with Gasteiger partial charge in [0.15, 0.2) is 39.5 Å². The van der Waals surface area contributed by atoms with E-state index in [9.17, 15) is 19.5 Å². The van der Waals surface area contributed by atoms with E-state index in [1.165, 1.54) is 18.1 Å². The molecule has 0 saturated heterocycles. The highest BCUT2D eigenvalue weighted by Crippen LogP contribution is 2.46. The molecule has 43 heavy (non-hydrogen) atoms. The van der Waals surface area contributed by atoms with Crippen LogP contribution in [0.2, 0.25) is 0 Å². The van der Waals surface area contributed by atoms with Crippen LogP contribution in [0.1, 0.15) is 58.3 Å². The Balaban J connectivity index is 1.67. The first-order chi connectivity index (χ1) is 20.7. The quantitative estimate of drug-likeness (QED) is 0.161. The van der Waals surface area contributed by atoms with Crippen LogP contribution < -0.4 is 19.1 Å². The molecule has 224 valence electrons. The van der Waals surface area contributed by atoms with Gasteiger partial charge in [0, 0.05) is 5.39 Å². The molecule has 1 aliphatic heterocycles. The van der Waals surface area contributed by atoms with Crippen molar-refractivity contribution < 1.29 is 42.9 Å². The van der Waals surface area contributed by atoms with Crippen molar-refractivity contribution >= 4 is 45.1 Å². The molecule has 1 amide bonds. The fraction of sp³-hybridized carbons (Fsp3) is 0.290. The number of aromatic nitrogens is 1. The maximum absolute atomic E-state index is 14.1. The van der Waals surface area contributed by atoms with Gasteiger partial charge in [-0.3, -0.25) is 14.5 Å². The number of furan rings is 1. The second-order valence-electron chi connectivity index (χ2n) is 9.36. The molecular weight excluding hydrogens is 576 g/mol. The molecule has 0 aliphatic carbocycles. The first-order valence-electron chi connectivity index (χ1n) is 13.7. The Kier molecular flexibility index (Phi) is 8.40. The van der Waals surface area contributed by atoms with Gasteiger partial charge < -0.3 is 28.5 Å². The molecule has 0 saturated carbocycles. The first kappa shape index (κ1) is 29.6. The second-order valence-corrected chi connectivity index (χ2v) is 10.3. The number of esters is 1. The van der Waals surface area contributed by atoms with Gasteiger partial charge in [-0.2, -0.15) is 0 Å². The number of fused-ring (bicyclic) bond motifs is 1. The standard InChI is InChI=1S/C31H30N2O9S/c1-6-39-19-13-12-17(14-21(19)40-7-2)24-23(25(34)22-15-18-10-9-11-20(38-5)27(18)42-22)26(35)29(36)33(24)31-32-16(4)28(43-31)30(37)41-8-3/h9-15,24,35H,6-8H2,1-5H3. The van der Waals surface area contributed by atoms with Gasteiger partial charge in [0.05, 0.1) is 44.2 Å². The van der Waals surface area contributed by atoms with Crippen LogP contribution in [-0.4, -0.2) is 54.7 Å². The third kappa shape index (κ3) is 5.29. The van der Waals surface area contributed by atoms with Crippen LogP contribution in [0, 0.1) is 6.92 Å². The Bertz CT molecular complexity index is 1750. The SMILES string of the molecule is CCOC(=O)c1sc(N2C(=O)C(O)=C(C(=O)c3cc4cccc(OC)c4o3)C2c2ccc(OCC)c(OCC)c2)nc1C. The van der Waals surface area contributed by atoms with Crippen LogP contribution in [0.15, 0.2) is 58.2 Å². The Morgan fingerprint density at radius 1 is 1.02 bits per heavy atom. The predicted molar refractivity (Wildman–Crippen MR) is 159 cm³/mol. The number of Topliss-reactive ketones (excluding diaryl/α,β-unsaturated/α-hetero) is 1. The topological polar surface area (TPSA) is 138 Å². The number of ketones is 1. The number of amides is 1. The molecule has 0 spiro atoms. The number of benzene rings is 2. The summed E-state index contributed by atoms with van der Waals surface area (Å²) in [7, 11) is 1.49. The summed E-state index contributed by atoms with van der Waals surface area (Å²) in [4.78, 5) is 46.3. The summed E-state index contributed by atoms with van der Waals surface area (Å²) in [5, 5.41) is 11.9. The molecular formula is C31H30N2O9S. The fourth-order valence-electron chi connectivity index (χ4n) is 4.90. The monoisotopic (exact) mass is 606 g/mol. The number of methoxy groups -OCH3 is 1. The molecule has 1 atom stereocenters. The van der Waals surface area contributed by atoms with Gasteiger partial charge >= 0.3 is 5.97 Å². The third-order valence-electron chi connectivity index (χ3n) is 6.74. The van der Waals surface area contributed by atoms with Crippen molar-refractivity contribution in [3.05, 3.63) is 75.7 Å². The largest absolute Gasteiger partial charge is 0.503 e. The van der Waals surface area contributed by atoms with Crippen molar-refractivity contribution in [3.63, 3.8) is 0 Å². The summed E-state index contributed by atoms with van der Waals surface area (Å²) >= 11 is 0.928. The highest BCUT2D eigenvalue weighted by atomic mass is 32.1. The lowest BCUT2D eigenvalue weighted by atomic mass is 9.95. The van der Waals surface area contributed by atoms with Gasteiger partial charge in [0.25, 0.3) is 5.91 Å². The molecule has 2 aromatic carbocycles. The number of carbonyl (C=O) groups is 3. The van der Waals surface area contributed by atoms with Crippen molar-refractivity contribution in [1.82, 2.24) is 4.98 Å². The highest BCUT2D eigenvalue weighted by Gasteiger charge is 2.47. The van der Waals surface area contributed by atoms with Crippen LogP contribution in [0.3, 0.4) is 0 Å². The third-order valence-corrected chi connectivity index (χ3v) is 7.88. The Labute approximate surface area is 251 Å². The number of para-hydroxylation sites is 1. The molecule has 0 radical (unpaired) electrons. The normalized spacial score (nSPS) is 14.9. The van der Waals surface area contributed by atoms with E-state index in [0.29, 0.717) is 52.7 Å². The Hall–Kier alpha value is -4.84. The molecule has 12 heteroatoms. The van der Waals surface area contributed by atoms with Gasteiger partial charge in [-0.15, -0.1) is 0 Å². The summed E-state index contributed by atoms with van der Waals surface area (Å²) in [5.41, 5.74) is 0.905. The van der Waals surface area contributed by atoms with Gasteiger partial charge in [-0.05, 0) is 57.5 Å². The number of aliphatic hydroxyl groups excluding tert-OH is 1. The molecule has 4 aromatic rings. The summed E-state index contributed by atoms with van der Waals surface area (Å²) in [6.45, 7) is 7.85. The minimum absolute atomic E-state index is 0.0980. The van der Waals surface area contributed by atoms with Crippen LogP contribution >= 0.6 is 11.3 Å². The fourth-order valence-corrected chi connectivity index (χ4v) is 5.89. The molecule has 5 rings (SSSR count). The maximum Gasteiger partial charge on any atom is 0.350 e. The van der Waals surface area contributed by atoms with E-state index in [-0.39, 0.29) is 27.9 Å². The van der Waals surface area contributed by atoms with E-state index in [2.05, 4.69) is 4.98 Å². The van der Waals surface area contributed by atoms with Crippen LogP contribution in [0.25, 0.3) is 11.0 Å². The maximum atomic E-state index is 14.1. The average molecular weight is 607 g/mol. The number of aliphatic hydroxyl groups is 1. The summed E-state index contributed by atoms with van der Waals surface area (Å²) < 4.78 is 27.9. The lowest BCUT2D eigenvalue weighted by Gasteiger charge is -2.25. The van der Waals surface area contributed by atoms with Gasteiger partial charge in [0.1, 0.15) is 4.88 Å². The predicted octanol–water partition coefficient (Wildman–Crippen LogP) is 5.96. The number of rotatable bonds is 11. The summed E-state index contributed by atoms with van der Waals surface area (Å²) in [6.07, 6.45) is 0. The smallest absolute Gasteiger partial charge is 0.350 e. The number of hydrogen-bond acceptors (Lipinski definition) is 11. The minimum atomic E-state index is -1.15. The summed E-state index contributed by atoms with van der Waals surface area (Å²) in [6, 6.07) is 10.6. The summed E-state index contributed by atoms with van der Waals surface area (Å²) in [5.74, 6) is -1.73. The lowest BCUT2D eigenvalue weighted by Crippen LogP contribution is -2.31. The van der Waals surface area contributed by atoms with E-state index in [1.54, 1.807) is 50.2 Å². The molecule has 0 bridgehead atoms. The zero-order valence-electron chi connectivity index (χ0n) is 24.3. The minimum Gasteiger partial charge on any atom is -0.503 e. The van der Waals surface area contributed by atoms with Crippen LogP contribution in [0.5, 0.6) is 17.2 Å². The number of carbonyl (C=O) groups excluding carboxylic acids is 3. The van der Waals surface area contributed by atoms with Gasteiger partial charge in [0.2, 0.25) is 5.78 Å². The van der Waals surface area contributed by atoms with Crippen molar-refractivity contribution in [2.24, 2.45) is 0 Å². The van der Waals surface area contributed by atoms with E-state index >= 15 is 0 Å². The zero-order chi connectivity index (χ0) is 30.8. The van der Waals surface area contributed by atoms with Gasteiger partial charge in [-0.25, -0.2) is 9.78 Å². The molecule has 3 heterocycles. The molecule has 2 aromatic heterocycles. The first-order valence-corrected chi connectivity index (χ1v) is 14.5. The number of ether oxygens (including phenoxy) is 4. The van der Waals surface area contributed by atoms with Crippen LogP contribution in [-0.2, 0) is 9.53 Å². The second kappa shape index (κ2) is 12.2. The number of aryl methyl sites for hydroxylation is 1. The molecule has 1 N–H and O–H groups in total. The Morgan fingerprint density at radius 2 is 1.77 bits per heavy atom. The lowest BCUT2D eigenvalue weighted by molar-refractivity contribution is -0.117. The number of nitrogens with zero attached hydrogens (tertiary/aromatic N) is 2. The van der Waals surface area contributed by atoms with Crippen molar-refractivity contribution in [2.75, 3.05) is 31.8 Å². The number of hydrogen-bond donors (Lipinski definition) is 1. The van der Waals surface area contributed by atoms with Gasteiger partial charge in [-0.1, -0.05) is 29.5 Å². The van der Waals surface area contributed by atoms with Crippen LogP contribution in [0.4, 0.5) is 5.13 Å². The van der Waals surface area contributed by atoms with Crippen molar-refractivity contribution in [2.45, 2.75) is 33.7 Å². The Morgan fingerprint density at radius 3 is 2.47 bits per heavy atom. The average Bonchev–Trinajstić information content (AvgIpc) is 3.67. The van der Waals surface area contributed by atoms with Crippen molar-refractivity contribution in [3.8, 4) is 17.2 Å². The zero-order valence-corrected chi connectivity index (χ0v) is 25.1. The van der Waals surface area contributed by atoms with Crippen molar-refractivity contribution in [1.29, 1.82) is 0 Å². The van der Waals surface area contributed by atoms with E-state index in [4.69, 9.17) is 23.4 Å². The van der Waals surface area contributed by atoms with E-state index in [1.807, 2.05) is 13.8 Å². The highest BCUT2D eigenvalue weighted by molar-refractivity contribution is 7.17. The van der Waals surface area contributed by atoms with E-state index < -0.39 is 29.5 Å². The number of thiazole rings is 1. The number of anilines is 1. The molecule has 11 nitrogen and oxygen atoms in total.